The molecule has 0 heterocycles. The highest BCUT2D eigenvalue weighted by molar-refractivity contribution is 5.96. The minimum atomic E-state index is -4.61. The molecule has 2 aromatic rings. The van der Waals surface area contributed by atoms with Crippen LogP contribution in [0, 0.1) is 17.0 Å². The minimum absolute atomic E-state index is 0.151. The van der Waals surface area contributed by atoms with Crippen LogP contribution in [0.25, 0.3) is 0 Å². The second-order valence-corrected chi connectivity index (χ2v) is 5.46. The number of nitrogens with zero attached hydrogens (tertiary/aromatic N) is 1. The number of rotatable bonds is 5. The molecule has 0 saturated carbocycles. The van der Waals surface area contributed by atoms with Gasteiger partial charge in [-0.25, -0.2) is 4.79 Å². The summed E-state index contributed by atoms with van der Waals surface area (Å²) in [7, 11) is 0. The van der Waals surface area contributed by atoms with Crippen molar-refractivity contribution in [3.8, 4) is 0 Å². The zero-order valence-corrected chi connectivity index (χ0v) is 13.9. The predicted octanol–water partition coefficient (Wildman–Crippen LogP) is 3.72. The average molecular weight is 382 g/mol. The zero-order chi connectivity index (χ0) is 20.2. The molecule has 2 rings (SSSR count). The largest absolute Gasteiger partial charge is 0.452 e. The second-order valence-electron chi connectivity index (χ2n) is 5.46. The number of amides is 1. The van der Waals surface area contributed by atoms with Crippen molar-refractivity contribution < 1.29 is 32.4 Å². The first-order chi connectivity index (χ1) is 12.6. The number of alkyl halides is 3. The number of aryl methyl sites for hydroxylation is 1. The van der Waals surface area contributed by atoms with E-state index in [1.54, 1.807) is 0 Å². The van der Waals surface area contributed by atoms with E-state index in [4.69, 9.17) is 4.74 Å². The highest BCUT2D eigenvalue weighted by Gasteiger charge is 2.31. The van der Waals surface area contributed by atoms with Crippen molar-refractivity contribution in [2.24, 2.45) is 0 Å². The van der Waals surface area contributed by atoms with Crippen molar-refractivity contribution in [1.82, 2.24) is 0 Å². The maximum absolute atomic E-state index is 12.6. The van der Waals surface area contributed by atoms with Crippen LogP contribution in [0.2, 0.25) is 0 Å². The number of ether oxygens (including phenoxy) is 1. The Morgan fingerprint density at radius 3 is 2.48 bits per heavy atom. The quantitative estimate of drug-likeness (QED) is 0.483. The Hall–Kier alpha value is -3.43. The lowest BCUT2D eigenvalue weighted by Crippen LogP contribution is -2.21. The Morgan fingerprint density at radius 1 is 1.19 bits per heavy atom. The standard InChI is InChI=1S/C17H13F3N2O5/c1-10-7-13(22(25)26)5-6-14(10)21-15(23)9-27-16(24)11-3-2-4-12(8-11)17(18,19)20/h2-8H,9H2,1H3,(H,21,23). The number of anilines is 1. The summed E-state index contributed by atoms with van der Waals surface area (Å²) in [5, 5.41) is 13.1. The highest BCUT2D eigenvalue weighted by Crippen LogP contribution is 2.29. The van der Waals surface area contributed by atoms with E-state index in [2.05, 4.69) is 5.32 Å². The molecular weight excluding hydrogens is 369 g/mol. The number of hydrogen-bond acceptors (Lipinski definition) is 5. The van der Waals surface area contributed by atoms with Crippen molar-refractivity contribution >= 4 is 23.3 Å². The van der Waals surface area contributed by atoms with Crippen molar-refractivity contribution in [1.29, 1.82) is 0 Å². The minimum Gasteiger partial charge on any atom is -0.452 e. The van der Waals surface area contributed by atoms with E-state index in [0.29, 0.717) is 11.6 Å². The summed E-state index contributed by atoms with van der Waals surface area (Å²) in [5.74, 6) is -1.83. The first-order valence-electron chi connectivity index (χ1n) is 7.47. The van der Waals surface area contributed by atoms with Gasteiger partial charge < -0.3 is 10.1 Å². The lowest BCUT2D eigenvalue weighted by Gasteiger charge is -2.10. The third kappa shape index (κ3) is 5.27. The molecule has 0 bridgehead atoms. The first-order valence-corrected chi connectivity index (χ1v) is 7.47. The third-order valence-corrected chi connectivity index (χ3v) is 3.45. The van der Waals surface area contributed by atoms with Crippen molar-refractivity contribution in [2.75, 3.05) is 11.9 Å². The van der Waals surface area contributed by atoms with Gasteiger partial charge in [0.25, 0.3) is 11.6 Å². The SMILES string of the molecule is Cc1cc([N+](=O)[O-])ccc1NC(=O)COC(=O)c1cccc(C(F)(F)F)c1. The molecule has 142 valence electrons. The Morgan fingerprint density at radius 2 is 1.89 bits per heavy atom. The molecule has 27 heavy (non-hydrogen) atoms. The van der Waals surface area contributed by atoms with Crippen LogP contribution in [0.5, 0.6) is 0 Å². The van der Waals surface area contributed by atoms with Gasteiger partial charge in [0.15, 0.2) is 6.61 Å². The van der Waals surface area contributed by atoms with Gasteiger partial charge in [0.05, 0.1) is 16.1 Å². The summed E-state index contributed by atoms with van der Waals surface area (Å²) in [6.07, 6.45) is -4.61. The maximum atomic E-state index is 12.6. The molecule has 0 unspecified atom stereocenters. The van der Waals surface area contributed by atoms with E-state index in [-0.39, 0.29) is 16.9 Å². The van der Waals surface area contributed by atoms with E-state index in [1.165, 1.54) is 25.1 Å². The first kappa shape index (κ1) is 19.9. The number of halogens is 3. The van der Waals surface area contributed by atoms with E-state index in [9.17, 15) is 32.9 Å². The van der Waals surface area contributed by atoms with Crippen LogP contribution in [0.4, 0.5) is 24.5 Å². The van der Waals surface area contributed by atoms with Crippen LogP contribution in [-0.4, -0.2) is 23.4 Å². The Labute approximate surface area is 150 Å². The summed E-state index contributed by atoms with van der Waals surface area (Å²) < 4.78 is 42.6. The number of nitro groups is 1. The molecule has 0 spiro atoms. The third-order valence-electron chi connectivity index (χ3n) is 3.45. The molecule has 2 aromatic carbocycles. The molecule has 1 N–H and O–H groups in total. The van der Waals surface area contributed by atoms with E-state index in [0.717, 1.165) is 18.2 Å². The van der Waals surface area contributed by atoms with Gasteiger partial charge in [0.2, 0.25) is 0 Å². The summed E-state index contributed by atoms with van der Waals surface area (Å²) in [5.41, 5.74) is -0.809. The van der Waals surface area contributed by atoms with Gasteiger partial charge in [-0.05, 0) is 36.8 Å². The van der Waals surface area contributed by atoms with Gasteiger partial charge in [0.1, 0.15) is 0 Å². The predicted molar refractivity (Wildman–Crippen MR) is 88.2 cm³/mol. The van der Waals surface area contributed by atoms with Crippen LogP contribution in [-0.2, 0) is 15.7 Å². The smallest absolute Gasteiger partial charge is 0.416 e. The maximum Gasteiger partial charge on any atom is 0.416 e. The van der Waals surface area contributed by atoms with E-state index < -0.39 is 35.1 Å². The van der Waals surface area contributed by atoms with Crippen LogP contribution in [0.1, 0.15) is 21.5 Å². The second kappa shape index (κ2) is 7.85. The summed E-state index contributed by atoms with van der Waals surface area (Å²) in [6.45, 7) is 0.808. The zero-order valence-electron chi connectivity index (χ0n) is 13.9. The number of non-ortho nitro benzene ring substituents is 1. The summed E-state index contributed by atoms with van der Waals surface area (Å²) in [6, 6.07) is 7.39. The number of nitrogens with one attached hydrogen (secondary N) is 1. The Kier molecular flexibility index (Phi) is 5.78. The molecule has 7 nitrogen and oxygen atoms in total. The van der Waals surface area contributed by atoms with Gasteiger partial charge in [-0.1, -0.05) is 6.07 Å². The summed E-state index contributed by atoms with van der Waals surface area (Å²) >= 11 is 0. The topological polar surface area (TPSA) is 98.5 Å². The number of esters is 1. The van der Waals surface area contributed by atoms with E-state index >= 15 is 0 Å². The van der Waals surface area contributed by atoms with E-state index in [1.807, 2.05) is 0 Å². The lowest BCUT2D eigenvalue weighted by atomic mass is 10.1. The molecule has 0 fully saturated rings. The molecule has 0 aliphatic carbocycles. The molecule has 0 atom stereocenters. The molecular formula is C17H13F3N2O5. The van der Waals surface area contributed by atoms with Crippen LogP contribution < -0.4 is 5.32 Å². The van der Waals surface area contributed by atoms with Crippen LogP contribution >= 0.6 is 0 Å². The van der Waals surface area contributed by atoms with Gasteiger partial charge >= 0.3 is 12.1 Å². The van der Waals surface area contributed by atoms with Gasteiger partial charge in [-0.2, -0.15) is 13.2 Å². The number of carbonyl (C=O) groups excluding carboxylic acids is 2. The number of benzene rings is 2. The van der Waals surface area contributed by atoms with Gasteiger partial charge in [-0.3, -0.25) is 14.9 Å². The monoisotopic (exact) mass is 382 g/mol. The fourth-order valence-corrected chi connectivity index (χ4v) is 2.12. The van der Waals surface area contributed by atoms with Crippen molar-refractivity contribution in [2.45, 2.75) is 13.1 Å². The van der Waals surface area contributed by atoms with Crippen molar-refractivity contribution in [3.63, 3.8) is 0 Å². The fraction of sp³-hybridized carbons (Fsp3) is 0.176. The normalized spacial score (nSPS) is 11.0. The number of carbonyl (C=O) groups is 2. The van der Waals surface area contributed by atoms with Crippen molar-refractivity contribution in [3.05, 3.63) is 69.3 Å². The highest BCUT2D eigenvalue weighted by atomic mass is 19.4. The Balaban J connectivity index is 1.98. The molecule has 0 saturated heterocycles. The summed E-state index contributed by atoms with van der Waals surface area (Å²) in [4.78, 5) is 33.8. The van der Waals surface area contributed by atoms with Crippen LogP contribution in [0.3, 0.4) is 0 Å². The number of hydrogen-bond donors (Lipinski definition) is 1. The molecule has 0 aliphatic rings. The van der Waals surface area contributed by atoms with Gasteiger partial charge in [0, 0.05) is 17.8 Å². The fourth-order valence-electron chi connectivity index (χ4n) is 2.12. The molecule has 0 aromatic heterocycles. The molecule has 0 aliphatic heterocycles. The molecule has 0 radical (unpaired) electrons. The average Bonchev–Trinajstić information content (AvgIpc) is 2.60. The molecule has 10 heteroatoms. The Bertz CT molecular complexity index is 896. The van der Waals surface area contributed by atoms with Gasteiger partial charge in [-0.15, -0.1) is 0 Å². The molecule has 1 amide bonds. The van der Waals surface area contributed by atoms with Crippen LogP contribution in [0.15, 0.2) is 42.5 Å². The lowest BCUT2D eigenvalue weighted by molar-refractivity contribution is -0.384. The number of nitro benzene ring substituents is 1.